The van der Waals surface area contributed by atoms with Crippen molar-refractivity contribution in [1.29, 1.82) is 0 Å². The molecule has 1 aliphatic rings. The Labute approximate surface area is 134 Å². The van der Waals surface area contributed by atoms with Gasteiger partial charge in [0.05, 0.1) is 0 Å². The molecule has 4 heteroatoms. The molecule has 1 fully saturated rings. The van der Waals surface area contributed by atoms with E-state index in [4.69, 9.17) is 5.73 Å². The van der Waals surface area contributed by atoms with E-state index < -0.39 is 5.54 Å². The van der Waals surface area contributed by atoms with E-state index in [9.17, 15) is 4.79 Å². The lowest BCUT2D eigenvalue weighted by atomic mass is 9.88. The third-order valence-electron chi connectivity index (χ3n) is 4.32. The second kappa shape index (κ2) is 7.81. The molecule has 1 aromatic rings. The number of hydrogen-bond acceptors (Lipinski definition) is 2. The van der Waals surface area contributed by atoms with Gasteiger partial charge in [-0.05, 0) is 37.7 Å². The van der Waals surface area contributed by atoms with Gasteiger partial charge < -0.3 is 10.6 Å². The number of likely N-dealkylation sites (tertiary alicyclic amines) is 1. The van der Waals surface area contributed by atoms with Gasteiger partial charge in [-0.1, -0.05) is 43.7 Å². The van der Waals surface area contributed by atoms with E-state index in [2.05, 4.69) is 6.92 Å². The molecule has 0 aliphatic carbocycles. The first-order valence-electron chi connectivity index (χ1n) is 7.69. The van der Waals surface area contributed by atoms with Crippen LogP contribution < -0.4 is 5.73 Å². The zero-order valence-corrected chi connectivity index (χ0v) is 13.9. The normalized spacial score (nSPS) is 21.3. The summed E-state index contributed by atoms with van der Waals surface area (Å²) in [6.45, 7) is 5.75. The minimum atomic E-state index is -0.921. The standard InChI is InChI=1S/C17H26N2O.ClH/c1-3-8-14-9-7-12-19(13-14)16(20)17(2,18)15-10-5-4-6-11-15;/h4-6,10-11,14H,3,7-9,12-13,18H2,1-2H3;1H. The first-order chi connectivity index (χ1) is 9.55. The minimum absolute atomic E-state index is 0. The first-order valence-corrected chi connectivity index (χ1v) is 7.69. The number of piperidine rings is 1. The van der Waals surface area contributed by atoms with Crippen molar-refractivity contribution in [1.82, 2.24) is 4.90 Å². The molecule has 21 heavy (non-hydrogen) atoms. The van der Waals surface area contributed by atoms with Gasteiger partial charge in [0.2, 0.25) is 5.91 Å². The average Bonchev–Trinajstić information content (AvgIpc) is 2.48. The van der Waals surface area contributed by atoms with Crippen LogP contribution in [0.2, 0.25) is 0 Å². The van der Waals surface area contributed by atoms with Crippen LogP contribution >= 0.6 is 12.4 Å². The first kappa shape index (κ1) is 18.0. The Hall–Kier alpha value is -1.06. The van der Waals surface area contributed by atoms with Crippen molar-refractivity contribution in [2.75, 3.05) is 13.1 Å². The summed E-state index contributed by atoms with van der Waals surface area (Å²) in [6.07, 6.45) is 4.73. The van der Waals surface area contributed by atoms with Gasteiger partial charge in [0.25, 0.3) is 0 Å². The molecule has 0 saturated carbocycles. The quantitative estimate of drug-likeness (QED) is 0.927. The van der Waals surface area contributed by atoms with E-state index in [0.29, 0.717) is 5.92 Å². The number of halogens is 1. The van der Waals surface area contributed by atoms with Crippen molar-refractivity contribution in [3.63, 3.8) is 0 Å². The van der Waals surface area contributed by atoms with Gasteiger partial charge in [-0.3, -0.25) is 4.79 Å². The fraction of sp³-hybridized carbons (Fsp3) is 0.588. The molecular weight excluding hydrogens is 284 g/mol. The van der Waals surface area contributed by atoms with Gasteiger partial charge in [-0.15, -0.1) is 12.4 Å². The van der Waals surface area contributed by atoms with Crippen molar-refractivity contribution in [2.45, 2.75) is 45.1 Å². The van der Waals surface area contributed by atoms with Crippen LogP contribution in [0.1, 0.15) is 45.1 Å². The van der Waals surface area contributed by atoms with Crippen molar-refractivity contribution < 1.29 is 4.79 Å². The SMILES string of the molecule is CCCC1CCCN(C(=O)C(C)(N)c2ccccc2)C1.Cl. The number of hydrogen-bond donors (Lipinski definition) is 1. The van der Waals surface area contributed by atoms with Crippen LogP contribution in [-0.2, 0) is 10.3 Å². The highest BCUT2D eigenvalue weighted by atomic mass is 35.5. The van der Waals surface area contributed by atoms with Crippen LogP contribution in [0.5, 0.6) is 0 Å². The fourth-order valence-corrected chi connectivity index (χ4v) is 3.13. The molecule has 2 rings (SSSR count). The Balaban J connectivity index is 0.00000220. The number of rotatable bonds is 4. The zero-order chi connectivity index (χ0) is 14.6. The lowest BCUT2D eigenvalue weighted by Crippen LogP contribution is -2.53. The summed E-state index contributed by atoms with van der Waals surface area (Å²) in [5.74, 6) is 0.703. The van der Waals surface area contributed by atoms with E-state index in [1.54, 1.807) is 0 Å². The van der Waals surface area contributed by atoms with Crippen molar-refractivity contribution in [3.8, 4) is 0 Å². The number of nitrogens with two attached hydrogens (primary N) is 1. The van der Waals surface area contributed by atoms with Gasteiger partial charge in [-0.25, -0.2) is 0 Å². The van der Waals surface area contributed by atoms with Crippen LogP contribution in [-0.4, -0.2) is 23.9 Å². The second-order valence-corrected chi connectivity index (χ2v) is 6.12. The smallest absolute Gasteiger partial charge is 0.246 e. The van der Waals surface area contributed by atoms with Gasteiger partial charge in [-0.2, -0.15) is 0 Å². The summed E-state index contributed by atoms with van der Waals surface area (Å²) in [7, 11) is 0. The van der Waals surface area contributed by atoms with E-state index >= 15 is 0 Å². The van der Waals surface area contributed by atoms with Crippen LogP contribution in [0.3, 0.4) is 0 Å². The Bertz CT molecular complexity index is 445. The lowest BCUT2D eigenvalue weighted by Gasteiger charge is -2.37. The monoisotopic (exact) mass is 310 g/mol. The maximum atomic E-state index is 12.8. The molecule has 2 atom stereocenters. The van der Waals surface area contributed by atoms with Gasteiger partial charge in [0.1, 0.15) is 5.54 Å². The molecule has 2 unspecified atom stereocenters. The molecule has 1 heterocycles. The predicted molar refractivity (Wildman–Crippen MR) is 89.4 cm³/mol. The summed E-state index contributed by atoms with van der Waals surface area (Å²) < 4.78 is 0. The zero-order valence-electron chi connectivity index (χ0n) is 13.0. The molecule has 0 radical (unpaired) electrons. The minimum Gasteiger partial charge on any atom is -0.341 e. The molecule has 1 amide bonds. The Kier molecular flexibility index (Phi) is 6.69. The van der Waals surface area contributed by atoms with Crippen molar-refractivity contribution >= 4 is 18.3 Å². The molecule has 1 aromatic carbocycles. The third kappa shape index (κ3) is 4.21. The van der Waals surface area contributed by atoms with Crippen molar-refractivity contribution in [3.05, 3.63) is 35.9 Å². The molecule has 1 saturated heterocycles. The molecule has 0 bridgehead atoms. The molecule has 3 nitrogen and oxygen atoms in total. The highest BCUT2D eigenvalue weighted by molar-refractivity contribution is 5.87. The summed E-state index contributed by atoms with van der Waals surface area (Å²) in [5, 5.41) is 0. The maximum Gasteiger partial charge on any atom is 0.246 e. The van der Waals surface area contributed by atoms with Crippen LogP contribution in [0.25, 0.3) is 0 Å². The molecule has 0 spiro atoms. The molecule has 1 aliphatic heterocycles. The van der Waals surface area contributed by atoms with E-state index in [0.717, 1.165) is 25.1 Å². The summed E-state index contributed by atoms with van der Waals surface area (Å²) in [5.41, 5.74) is 6.31. The van der Waals surface area contributed by atoms with Crippen molar-refractivity contribution in [2.24, 2.45) is 11.7 Å². The Morgan fingerprint density at radius 2 is 2.05 bits per heavy atom. The predicted octanol–water partition coefficient (Wildman–Crippen LogP) is 3.32. The molecule has 2 N–H and O–H groups in total. The summed E-state index contributed by atoms with van der Waals surface area (Å²) in [6, 6.07) is 9.69. The summed E-state index contributed by atoms with van der Waals surface area (Å²) in [4.78, 5) is 14.7. The molecular formula is C17H27ClN2O. The number of carbonyl (C=O) groups is 1. The van der Waals surface area contributed by atoms with Gasteiger partial charge >= 0.3 is 0 Å². The number of benzene rings is 1. The number of amides is 1. The van der Waals surface area contributed by atoms with Crippen LogP contribution in [0, 0.1) is 5.92 Å². The van der Waals surface area contributed by atoms with Crippen LogP contribution in [0.4, 0.5) is 0 Å². The Morgan fingerprint density at radius 1 is 1.38 bits per heavy atom. The topological polar surface area (TPSA) is 46.3 Å². The number of carbonyl (C=O) groups excluding carboxylic acids is 1. The summed E-state index contributed by atoms with van der Waals surface area (Å²) >= 11 is 0. The number of nitrogens with zero attached hydrogens (tertiary/aromatic N) is 1. The maximum absolute atomic E-state index is 12.8. The van der Waals surface area contributed by atoms with E-state index in [1.165, 1.54) is 19.3 Å². The average molecular weight is 311 g/mol. The Morgan fingerprint density at radius 3 is 2.67 bits per heavy atom. The van der Waals surface area contributed by atoms with E-state index in [-0.39, 0.29) is 18.3 Å². The third-order valence-corrected chi connectivity index (χ3v) is 4.32. The molecule has 0 aromatic heterocycles. The largest absolute Gasteiger partial charge is 0.341 e. The molecule has 118 valence electrons. The second-order valence-electron chi connectivity index (χ2n) is 6.12. The van der Waals surface area contributed by atoms with Gasteiger partial charge in [0, 0.05) is 13.1 Å². The van der Waals surface area contributed by atoms with E-state index in [1.807, 2.05) is 42.2 Å². The fourth-order valence-electron chi connectivity index (χ4n) is 3.13. The highest BCUT2D eigenvalue weighted by Crippen LogP contribution is 2.26. The lowest BCUT2D eigenvalue weighted by molar-refractivity contribution is -0.138. The van der Waals surface area contributed by atoms with Crippen LogP contribution in [0.15, 0.2) is 30.3 Å². The highest BCUT2D eigenvalue weighted by Gasteiger charge is 2.36. The van der Waals surface area contributed by atoms with Gasteiger partial charge in [0.15, 0.2) is 0 Å².